The molecule has 1 aromatic rings. The van der Waals surface area contributed by atoms with Crippen LogP contribution in [0.2, 0.25) is 0 Å². The third-order valence-electron chi connectivity index (χ3n) is 2.65. The highest BCUT2D eigenvalue weighted by molar-refractivity contribution is 5.85. The second-order valence-electron chi connectivity index (χ2n) is 4.10. The summed E-state index contributed by atoms with van der Waals surface area (Å²) in [6, 6.07) is 10.2. The van der Waals surface area contributed by atoms with Crippen molar-refractivity contribution in [1.82, 2.24) is 5.32 Å². The van der Waals surface area contributed by atoms with Gasteiger partial charge in [-0.25, -0.2) is 0 Å². The van der Waals surface area contributed by atoms with Crippen molar-refractivity contribution in [3.05, 3.63) is 35.9 Å². The molecule has 1 aliphatic rings. The number of ether oxygens (including phenoxy) is 1. The lowest BCUT2D eigenvalue weighted by molar-refractivity contribution is 0.107. The van der Waals surface area contributed by atoms with Gasteiger partial charge in [0.1, 0.15) is 5.84 Å². The highest BCUT2D eigenvalue weighted by Gasteiger charge is 2.13. The molecule has 0 spiro atoms. The Kier molecular flexibility index (Phi) is 3.94. The molecule has 1 N–H and O–H groups in total. The molecule has 0 aliphatic carbocycles. The Balaban J connectivity index is 1.72. The van der Waals surface area contributed by atoms with Gasteiger partial charge in [-0.3, -0.25) is 4.99 Å². The molecule has 0 fully saturated rings. The summed E-state index contributed by atoms with van der Waals surface area (Å²) in [5.41, 5.74) is 1.22. The first-order valence-electron chi connectivity index (χ1n) is 5.76. The van der Waals surface area contributed by atoms with Gasteiger partial charge >= 0.3 is 0 Å². The van der Waals surface area contributed by atoms with Gasteiger partial charge in [-0.05, 0) is 5.56 Å². The number of rotatable bonds is 5. The lowest BCUT2D eigenvalue weighted by Gasteiger charge is -2.12. The average molecular weight is 218 g/mol. The molecule has 0 saturated heterocycles. The lowest BCUT2D eigenvalue weighted by Crippen LogP contribution is -2.28. The van der Waals surface area contributed by atoms with Crippen LogP contribution in [0.3, 0.4) is 0 Å². The molecule has 3 nitrogen and oxygen atoms in total. The van der Waals surface area contributed by atoms with Crippen molar-refractivity contribution in [2.75, 3.05) is 19.7 Å². The maximum atomic E-state index is 5.67. The number of aliphatic imine (C=N–C) groups is 1. The largest absolute Gasteiger partial charge is 0.376 e. The molecule has 1 atom stereocenters. The summed E-state index contributed by atoms with van der Waals surface area (Å²) >= 11 is 0. The Morgan fingerprint density at radius 3 is 2.88 bits per heavy atom. The molecule has 2 rings (SSSR count). The van der Waals surface area contributed by atoms with Gasteiger partial charge in [0.15, 0.2) is 0 Å². The third-order valence-corrected chi connectivity index (χ3v) is 2.65. The van der Waals surface area contributed by atoms with Gasteiger partial charge in [-0.2, -0.15) is 0 Å². The number of benzene rings is 1. The van der Waals surface area contributed by atoms with E-state index in [9.17, 15) is 0 Å². The SMILES string of the molecule is CC(COCc1ccccc1)C1=NCCN1. The molecule has 1 unspecified atom stereocenters. The third kappa shape index (κ3) is 3.07. The second-order valence-corrected chi connectivity index (χ2v) is 4.10. The first-order chi connectivity index (χ1) is 7.86. The number of hydrogen-bond donors (Lipinski definition) is 1. The number of hydrogen-bond acceptors (Lipinski definition) is 3. The van der Waals surface area contributed by atoms with Crippen molar-refractivity contribution < 1.29 is 4.74 Å². The predicted molar refractivity (Wildman–Crippen MR) is 65.6 cm³/mol. The molecule has 1 heterocycles. The van der Waals surface area contributed by atoms with E-state index in [2.05, 4.69) is 29.4 Å². The standard InChI is InChI=1S/C13H18N2O/c1-11(13-14-7-8-15-13)9-16-10-12-5-3-2-4-6-12/h2-6,11H,7-10H2,1H3,(H,14,15). The molecule has 86 valence electrons. The van der Waals surface area contributed by atoms with Crippen molar-refractivity contribution in [2.24, 2.45) is 10.9 Å². The van der Waals surface area contributed by atoms with E-state index in [-0.39, 0.29) is 0 Å². The van der Waals surface area contributed by atoms with Crippen LogP contribution in [0.1, 0.15) is 12.5 Å². The molecule has 1 aliphatic heterocycles. The summed E-state index contributed by atoms with van der Waals surface area (Å²) in [6.45, 7) is 5.41. The molecule has 0 radical (unpaired) electrons. The fraction of sp³-hybridized carbons (Fsp3) is 0.462. The maximum absolute atomic E-state index is 5.67. The zero-order chi connectivity index (χ0) is 11.2. The van der Waals surface area contributed by atoms with Crippen LogP contribution in [0.15, 0.2) is 35.3 Å². The fourth-order valence-corrected chi connectivity index (χ4v) is 1.75. The molecule has 0 amide bonds. The van der Waals surface area contributed by atoms with Crippen molar-refractivity contribution in [3.63, 3.8) is 0 Å². The monoisotopic (exact) mass is 218 g/mol. The molecular weight excluding hydrogens is 200 g/mol. The van der Waals surface area contributed by atoms with Crippen LogP contribution < -0.4 is 5.32 Å². The van der Waals surface area contributed by atoms with Crippen LogP contribution >= 0.6 is 0 Å². The van der Waals surface area contributed by atoms with E-state index in [1.807, 2.05) is 18.2 Å². The highest BCUT2D eigenvalue weighted by atomic mass is 16.5. The Morgan fingerprint density at radius 1 is 1.38 bits per heavy atom. The molecular formula is C13H18N2O. The molecule has 16 heavy (non-hydrogen) atoms. The zero-order valence-electron chi connectivity index (χ0n) is 9.65. The van der Waals surface area contributed by atoms with E-state index in [0.29, 0.717) is 12.5 Å². The number of nitrogens with zero attached hydrogens (tertiary/aromatic N) is 1. The topological polar surface area (TPSA) is 33.6 Å². The minimum absolute atomic E-state index is 0.367. The van der Waals surface area contributed by atoms with Gasteiger partial charge in [0.2, 0.25) is 0 Å². The van der Waals surface area contributed by atoms with E-state index in [4.69, 9.17) is 4.74 Å². The van der Waals surface area contributed by atoms with E-state index in [0.717, 1.165) is 25.5 Å². The van der Waals surface area contributed by atoms with Crippen LogP contribution in [0.4, 0.5) is 0 Å². The first-order valence-corrected chi connectivity index (χ1v) is 5.76. The molecule has 0 aromatic heterocycles. The summed E-state index contributed by atoms with van der Waals surface area (Å²) in [5.74, 6) is 1.46. The van der Waals surface area contributed by atoms with Crippen LogP contribution in [-0.2, 0) is 11.3 Å². The minimum Gasteiger partial charge on any atom is -0.376 e. The second kappa shape index (κ2) is 5.66. The predicted octanol–water partition coefficient (Wildman–Crippen LogP) is 1.84. The van der Waals surface area contributed by atoms with Crippen molar-refractivity contribution >= 4 is 5.84 Å². The smallest absolute Gasteiger partial charge is 0.102 e. The van der Waals surface area contributed by atoms with Crippen LogP contribution in [0.5, 0.6) is 0 Å². The van der Waals surface area contributed by atoms with Gasteiger partial charge in [-0.1, -0.05) is 37.3 Å². The van der Waals surface area contributed by atoms with E-state index >= 15 is 0 Å². The summed E-state index contributed by atoms with van der Waals surface area (Å²) in [4.78, 5) is 4.39. The number of amidine groups is 1. The molecule has 1 aromatic carbocycles. The van der Waals surface area contributed by atoms with Crippen LogP contribution in [0, 0.1) is 5.92 Å². The Labute approximate surface area is 96.5 Å². The molecule has 0 saturated carbocycles. The van der Waals surface area contributed by atoms with Gasteiger partial charge < -0.3 is 10.1 Å². The van der Waals surface area contributed by atoms with Crippen molar-refractivity contribution in [2.45, 2.75) is 13.5 Å². The minimum atomic E-state index is 0.367. The Hall–Kier alpha value is -1.35. The highest BCUT2D eigenvalue weighted by Crippen LogP contribution is 2.05. The van der Waals surface area contributed by atoms with Crippen molar-refractivity contribution in [1.29, 1.82) is 0 Å². The average Bonchev–Trinajstić information content (AvgIpc) is 2.84. The maximum Gasteiger partial charge on any atom is 0.102 e. The summed E-state index contributed by atoms with van der Waals surface area (Å²) < 4.78 is 5.67. The van der Waals surface area contributed by atoms with Gasteiger partial charge in [-0.15, -0.1) is 0 Å². The lowest BCUT2D eigenvalue weighted by atomic mass is 10.2. The van der Waals surface area contributed by atoms with E-state index in [1.54, 1.807) is 0 Å². The van der Waals surface area contributed by atoms with Crippen LogP contribution in [-0.4, -0.2) is 25.5 Å². The summed E-state index contributed by atoms with van der Waals surface area (Å²) in [6.07, 6.45) is 0. The van der Waals surface area contributed by atoms with Crippen molar-refractivity contribution in [3.8, 4) is 0 Å². The zero-order valence-corrected chi connectivity index (χ0v) is 9.65. The molecule has 0 bridgehead atoms. The normalized spacial score (nSPS) is 16.7. The van der Waals surface area contributed by atoms with E-state index in [1.165, 1.54) is 5.56 Å². The summed E-state index contributed by atoms with van der Waals surface area (Å²) in [7, 11) is 0. The summed E-state index contributed by atoms with van der Waals surface area (Å²) in [5, 5.41) is 3.28. The van der Waals surface area contributed by atoms with Crippen LogP contribution in [0.25, 0.3) is 0 Å². The fourth-order valence-electron chi connectivity index (χ4n) is 1.75. The van der Waals surface area contributed by atoms with Gasteiger partial charge in [0, 0.05) is 12.5 Å². The Morgan fingerprint density at radius 2 is 2.19 bits per heavy atom. The Bertz CT molecular complexity index is 348. The molecule has 3 heteroatoms. The quantitative estimate of drug-likeness (QED) is 0.818. The van der Waals surface area contributed by atoms with Gasteiger partial charge in [0.05, 0.1) is 19.8 Å². The number of nitrogens with one attached hydrogen (secondary N) is 1. The first kappa shape index (κ1) is 11.1. The van der Waals surface area contributed by atoms with E-state index < -0.39 is 0 Å². The van der Waals surface area contributed by atoms with Gasteiger partial charge in [0.25, 0.3) is 0 Å².